The van der Waals surface area contributed by atoms with Gasteiger partial charge < -0.3 is 0 Å². The van der Waals surface area contributed by atoms with Gasteiger partial charge in [-0.2, -0.15) is 0 Å². The second kappa shape index (κ2) is 4.97. The van der Waals surface area contributed by atoms with Crippen LogP contribution < -0.4 is 5.56 Å². The molecular formula is C11H8ClIN2O. The molecule has 1 aromatic carbocycles. The van der Waals surface area contributed by atoms with Crippen molar-refractivity contribution in [2.24, 2.45) is 0 Å². The van der Waals surface area contributed by atoms with Crippen LogP contribution in [-0.2, 0) is 6.54 Å². The maximum Gasteiger partial charge on any atom is 0.268 e. The van der Waals surface area contributed by atoms with Crippen LogP contribution in [0, 0.1) is 3.57 Å². The predicted octanol–water partition coefficient (Wildman–Crippen LogP) is 2.55. The van der Waals surface area contributed by atoms with Crippen molar-refractivity contribution in [3.8, 4) is 0 Å². The van der Waals surface area contributed by atoms with E-state index in [-0.39, 0.29) is 10.7 Å². The Morgan fingerprint density at radius 2 is 2.00 bits per heavy atom. The molecule has 0 saturated carbocycles. The van der Waals surface area contributed by atoms with E-state index in [9.17, 15) is 4.79 Å². The molecule has 0 saturated heterocycles. The summed E-state index contributed by atoms with van der Waals surface area (Å²) in [6.45, 7) is 0.514. The van der Waals surface area contributed by atoms with Gasteiger partial charge in [0.1, 0.15) is 8.72 Å². The highest BCUT2D eigenvalue weighted by Gasteiger charge is 2.06. The minimum Gasteiger partial charge on any atom is -0.294 e. The number of benzene rings is 1. The zero-order chi connectivity index (χ0) is 11.5. The fourth-order valence-corrected chi connectivity index (χ4v) is 1.91. The van der Waals surface area contributed by atoms with Gasteiger partial charge in [0.25, 0.3) is 5.56 Å². The molecule has 82 valence electrons. The van der Waals surface area contributed by atoms with E-state index in [2.05, 4.69) is 4.98 Å². The van der Waals surface area contributed by atoms with Crippen LogP contribution in [0.25, 0.3) is 0 Å². The van der Waals surface area contributed by atoms with E-state index in [0.717, 1.165) is 5.56 Å². The third-order valence-corrected chi connectivity index (χ3v) is 3.71. The van der Waals surface area contributed by atoms with Gasteiger partial charge in [0.15, 0.2) is 0 Å². The summed E-state index contributed by atoms with van der Waals surface area (Å²) in [7, 11) is 0. The van der Waals surface area contributed by atoms with E-state index < -0.39 is 0 Å². The van der Waals surface area contributed by atoms with E-state index >= 15 is 0 Å². The summed E-state index contributed by atoms with van der Waals surface area (Å²) in [5.74, 6) is 0. The van der Waals surface area contributed by atoms with Crippen molar-refractivity contribution >= 4 is 34.2 Å². The normalized spacial score (nSPS) is 10.4. The molecule has 0 amide bonds. The van der Waals surface area contributed by atoms with Crippen molar-refractivity contribution in [1.82, 2.24) is 9.55 Å². The second-order valence-electron chi connectivity index (χ2n) is 3.27. The van der Waals surface area contributed by atoms with Crippen molar-refractivity contribution in [2.75, 3.05) is 0 Å². The fourth-order valence-electron chi connectivity index (χ4n) is 1.34. The molecule has 0 spiro atoms. The minimum atomic E-state index is -0.107. The molecule has 0 radical (unpaired) electrons. The largest absolute Gasteiger partial charge is 0.294 e. The lowest BCUT2D eigenvalue weighted by Gasteiger charge is -2.05. The van der Waals surface area contributed by atoms with Gasteiger partial charge >= 0.3 is 0 Å². The monoisotopic (exact) mass is 346 g/mol. The topological polar surface area (TPSA) is 34.9 Å². The highest BCUT2D eigenvalue weighted by atomic mass is 127. The maximum atomic E-state index is 11.8. The van der Waals surface area contributed by atoms with Crippen molar-refractivity contribution in [3.05, 3.63) is 61.3 Å². The molecule has 0 bridgehead atoms. The molecule has 3 nitrogen and oxygen atoms in total. The first kappa shape index (κ1) is 11.6. The second-order valence-corrected chi connectivity index (χ2v) is 4.70. The van der Waals surface area contributed by atoms with Gasteiger partial charge in [-0.1, -0.05) is 41.9 Å². The Labute approximate surface area is 111 Å². The number of aromatic nitrogens is 2. The summed E-state index contributed by atoms with van der Waals surface area (Å²) in [5, 5.41) is 0.259. The van der Waals surface area contributed by atoms with Crippen LogP contribution in [-0.4, -0.2) is 9.55 Å². The fraction of sp³-hybridized carbons (Fsp3) is 0.0909. The van der Waals surface area contributed by atoms with Crippen molar-refractivity contribution in [3.63, 3.8) is 0 Å². The Balaban J connectivity index is 2.37. The molecule has 0 aliphatic rings. The SMILES string of the molecule is O=c1c(I)c(Cl)ncn1Cc1ccccc1. The number of halogens is 2. The molecule has 5 heteroatoms. The Kier molecular flexibility index (Phi) is 3.60. The molecule has 0 N–H and O–H groups in total. The third kappa shape index (κ3) is 2.44. The zero-order valence-corrected chi connectivity index (χ0v) is 11.1. The van der Waals surface area contributed by atoms with Crippen LogP contribution in [0.1, 0.15) is 5.56 Å². The third-order valence-electron chi connectivity index (χ3n) is 2.14. The van der Waals surface area contributed by atoms with Crippen molar-refractivity contribution < 1.29 is 0 Å². The predicted molar refractivity (Wildman–Crippen MR) is 71.8 cm³/mol. The Morgan fingerprint density at radius 1 is 1.31 bits per heavy atom. The summed E-state index contributed by atoms with van der Waals surface area (Å²) < 4.78 is 2.00. The van der Waals surface area contributed by atoms with Crippen LogP contribution in [0.4, 0.5) is 0 Å². The van der Waals surface area contributed by atoms with Gasteiger partial charge in [-0.05, 0) is 28.2 Å². The molecule has 0 unspecified atom stereocenters. The molecule has 1 heterocycles. The van der Waals surface area contributed by atoms with E-state index in [4.69, 9.17) is 11.6 Å². The average Bonchev–Trinajstić information content (AvgIpc) is 2.31. The number of rotatable bonds is 2. The lowest BCUT2D eigenvalue weighted by molar-refractivity contribution is 0.730. The maximum absolute atomic E-state index is 11.8. The summed E-state index contributed by atoms with van der Waals surface area (Å²) >= 11 is 7.67. The quantitative estimate of drug-likeness (QED) is 0.619. The highest BCUT2D eigenvalue weighted by Crippen LogP contribution is 2.10. The molecule has 0 aliphatic carbocycles. The van der Waals surface area contributed by atoms with Gasteiger partial charge in [0, 0.05) is 0 Å². The zero-order valence-electron chi connectivity index (χ0n) is 8.23. The van der Waals surface area contributed by atoms with Crippen LogP contribution in [0.2, 0.25) is 5.15 Å². The lowest BCUT2D eigenvalue weighted by atomic mass is 10.2. The summed E-state index contributed by atoms with van der Waals surface area (Å²) in [4.78, 5) is 15.8. The smallest absolute Gasteiger partial charge is 0.268 e. The number of hydrogen-bond donors (Lipinski definition) is 0. The molecule has 0 atom stereocenters. The van der Waals surface area contributed by atoms with Crippen molar-refractivity contribution in [2.45, 2.75) is 6.54 Å². The summed E-state index contributed by atoms with van der Waals surface area (Å²) in [6.07, 6.45) is 1.47. The van der Waals surface area contributed by atoms with Gasteiger partial charge in [-0.25, -0.2) is 4.98 Å². The van der Waals surface area contributed by atoms with E-state index in [0.29, 0.717) is 10.1 Å². The molecule has 2 aromatic rings. The summed E-state index contributed by atoms with van der Waals surface area (Å²) in [5.41, 5.74) is 0.953. The van der Waals surface area contributed by atoms with Gasteiger partial charge in [0.2, 0.25) is 0 Å². The molecule has 16 heavy (non-hydrogen) atoms. The van der Waals surface area contributed by atoms with Crippen LogP contribution >= 0.6 is 34.2 Å². The number of hydrogen-bond acceptors (Lipinski definition) is 2. The first-order valence-corrected chi connectivity index (χ1v) is 6.08. The standard InChI is InChI=1S/C11H8ClIN2O/c12-10-9(13)11(16)15(7-14-10)6-8-4-2-1-3-5-8/h1-5,7H,6H2. The first-order chi connectivity index (χ1) is 7.68. The van der Waals surface area contributed by atoms with E-state index in [1.807, 2.05) is 52.9 Å². The summed E-state index contributed by atoms with van der Waals surface area (Å²) in [6, 6.07) is 9.75. The van der Waals surface area contributed by atoms with Crippen molar-refractivity contribution in [1.29, 1.82) is 0 Å². The molecule has 0 fully saturated rings. The van der Waals surface area contributed by atoms with Gasteiger partial charge in [-0.15, -0.1) is 0 Å². The van der Waals surface area contributed by atoms with Gasteiger partial charge in [0.05, 0.1) is 12.9 Å². The number of nitrogens with zero attached hydrogens (tertiary/aromatic N) is 2. The molecule has 0 aliphatic heterocycles. The Bertz CT molecular complexity index is 554. The van der Waals surface area contributed by atoms with Crippen LogP contribution in [0.5, 0.6) is 0 Å². The minimum absolute atomic E-state index is 0.107. The van der Waals surface area contributed by atoms with Crippen LogP contribution in [0.3, 0.4) is 0 Å². The highest BCUT2D eigenvalue weighted by molar-refractivity contribution is 14.1. The van der Waals surface area contributed by atoms with E-state index in [1.54, 1.807) is 4.57 Å². The molecule has 2 rings (SSSR count). The Hall–Kier alpha value is -0.880. The van der Waals surface area contributed by atoms with Gasteiger partial charge in [-0.3, -0.25) is 9.36 Å². The van der Waals surface area contributed by atoms with E-state index in [1.165, 1.54) is 6.33 Å². The molecular weight excluding hydrogens is 338 g/mol. The Morgan fingerprint density at radius 3 is 2.69 bits per heavy atom. The molecule has 1 aromatic heterocycles. The van der Waals surface area contributed by atoms with Crippen LogP contribution in [0.15, 0.2) is 41.5 Å². The first-order valence-electron chi connectivity index (χ1n) is 4.63. The lowest BCUT2D eigenvalue weighted by Crippen LogP contribution is -2.23. The average molecular weight is 347 g/mol.